The predicted octanol–water partition coefficient (Wildman–Crippen LogP) is 3.05. The molecule has 0 bridgehead atoms. The van der Waals surface area contributed by atoms with Gasteiger partial charge in [-0.2, -0.15) is 4.31 Å². The summed E-state index contributed by atoms with van der Waals surface area (Å²) in [5.41, 5.74) is 2.70. The molecule has 2 heterocycles. The molecular weight excluding hydrogens is 379 g/mol. The fourth-order valence-corrected chi connectivity index (χ4v) is 5.62. The van der Waals surface area contributed by atoms with E-state index in [-0.39, 0.29) is 16.7 Å². The minimum atomic E-state index is -3.71. The second-order valence-electron chi connectivity index (χ2n) is 7.32. The SMILES string of the molecule is CCOc1ccc(S(=O)(=O)N2CCC(N3CCc4ccccc4C3)C2)cc1F. The Morgan fingerprint density at radius 3 is 2.68 bits per heavy atom. The molecule has 1 unspecified atom stereocenters. The summed E-state index contributed by atoms with van der Waals surface area (Å²) in [6.07, 6.45) is 1.78. The van der Waals surface area contributed by atoms with E-state index in [4.69, 9.17) is 4.74 Å². The van der Waals surface area contributed by atoms with Gasteiger partial charge >= 0.3 is 0 Å². The molecule has 0 amide bonds. The van der Waals surface area contributed by atoms with Crippen molar-refractivity contribution in [3.05, 3.63) is 59.4 Å². The molecule has 7 heteroatoms. The van der Waals surface area contributed by atoms with Crippen LogP contribution in [0.4, 0.5) is 4.39 Å². The lowest BCUT2D eigenvalue weighted by Gasteiger charge is -2.33. The highest BCUT2D eigenvalue weighted by Crippen LogP contribution is 2.29. The second-order valence-corrected chi connectivity index (χ2v) is 9.26. The molecule has 1 fully saturated rings. The summed E-state index contributed by atoms with van der Waals surface area (Å²) in [4.78, 5) is 2.36. The Bertz CT molecular complexity index is 964. The number of rotatable bonds is 5. The van der Waals surface area contributed by atoms with Crippen LogP contribution in [0.3, 0.4) is 0 Å². The van der Waals surface area contributed by atoms with Crippen molar-refractivity contribution in [1.29, 1.82) is 0 Å². The summed E-state index contributed by atoms with van der Waals surface area (Å²) >= 11 is 0. The maximum atomic E-state index is 14.1. The van der Waals surface area contributed by atoms with Crippen molar-refractivity contribution >= 4 is 10.0 Å². The van der Waals surface area contributed by atoms with Crippen LogP contribution in [0, 0.1) is 5.82 Å². The van der Waals surface area contributed by atoms with E-state index in [2.05, 4.69) is 23.1 Å². The van der Waals surface area contributed by atoms with E-state index in [0.717, 1.165) is 32.0 Å². The molecule has 0 saturated carbocycles. The highest BCUT2D eigenvalue weighted by Gasteiger charge is 2.36. The number of hydrogen-bond donors (Lipinski definition) is 0. The van der Waals surface area contributed by atoms with Crippen molar-refractivity contribution in [3.8, 4) is 5.75 Å². The number of halogens is 1. The maximum absolute atomic E-state index is 14.1. The second kappa shape index (κ2) is 7.81. The Morgan fingerprint density at radius 2 is 1.93 bits per heavy atom. The Kier molecular flexibility index (Phi) is 5.40. The van der Waals surface area contributed by atoms with E-state index in [1.807, 2.05) is 6.07 Å². The molecule has 28 heavy (non-hydrogen) atoms. The summed E-state index contributed by atoms with van der Waals surface area (Å²) in [7, 11) is -3.71. The molecule has 0 aliphatic carbocycles. The van der Waals surface area contributed by atoms with Crippen LogP contribution in [0.2, 0.25) is 0 Å². The monoisotopic (exact) mass is 404 g/mol. The van der Waals surface area contributed by atoms with E-state index < -0.39 is 15.8 Å². The number of sulfonamides is 1. The zero-order valence-corrected chi connectivity index (χ0v) is 16.8. The average molecular weight is 405 g/mol. The van der Waals surface area contributed by atoms with Crippen molar-refractivity contribution in [2.75, 3.05) is 26.2 Å². The molecule has 0 aromatic heterocycles. The molecule has 1 saturated heterocycles. The smallest absolute Gasteiger partial charge is 0.243 e. The van der Waals surface area contributed by atoms with Crippen molar-refractivity contribution in [2.24, 2.45) is 0 Å². The van der Waals surface area contributed by atoms with Gasteiger partial charge in [-0.15, -0.1) is 0 Å². The van der Waals surface area contributed by atoms with Gasteiger partial charge in [0.15, 0.2) is 11.6 Å². The number of fused-ring (bicyclic) bond motifs is 1. The first-order valence-corrected chi connectivity index (χ1v) is 11.2. The topological polar surface area (TPSA) is 49.9 Å². The Balaban J connectivity index is 1.47. The van der Waals surface area contributed by atoms with Crippen molar-refractivity contribution in [3.63, 3.8) is 0 Å². The van der Waals surface area contributed by atoms with Gasteiger partial charge in [0.2, 0.25) is 10.0 Å². The Hall–Kier alpha value is -1.96. The Labute approximate surface area is 165 Å². The van der Waals surface area contributed by atoms with Gasteiger partial charge in [0.1, 0.15) is 0 Å². The summed E-state index contributed by atoms with van der Waals surface area (Å²) in [5.74, 6) is -0.570. The van der Waals surface area contributed by atoms with Gasteiger partial charge in [-0.3, -0.25) is 4.90 Å². The van der Waals surface area contributed by atoms with Crippen molar-refractivity contribution in [2.45, 2.75) is 37.2 Å². The van der Waals surface area contributed by atoms with Crippen LogP contribution in [0.1, 0.15) is 24.5 Å². The number of nitrogens with zero attached hydrogens (tertiary/aromatic N) is 2. The largest absolute Gasteiger partial charge is 0.491 e. The molecule has 1 atom stereocenters. The summed E-state index contributed by atoms with van der Waals surface area (Å²) < 4.78 is 46.8. The normalized spacial score (nSPS) is 20.9. The molecule has 4 rings (SSSR count). The number of benzene rings is 2. The standard InChI is InChI=1S/C21H25FN2O3S/c1-2-27-21-8-7-19(13-20(21)22)28(25,26)24-12-10-18(15-24)23-11-9-16-5-3-4-6-17(16)14-23/h3-8,13,18H,2,9-12,14-15H2,1H3. The van der Waals surface area contributed by atoms with E-state index in [1.54, 1.807) is 6.92 Å². The molecule has 2 aliphatic heterocycles. The molecule has 0 radical (unpaired) electrons. The molecule has 0 N–H and O–H groups in total. The van der Waals surface area contributed by atoms with Gasteiger partial charge in [-0.05, 0) is 49.1 Å². The molecule has 0 spiro atoms. The Morgan fingerprint density at radius 1 is 1.14 bits per heavy atom. The first-order valence-electron chi connectivity index (χ1n) is 9.72. The fourth-order valence-electron chi connectivity index (χ4n) is 4.12. The minimum absolute atomic E-state index is 0.0157. The lowest BCUT2D eigenvalue weighted by molar-refractivity contribution is 0.185. The van der Waals surface area contributed by atoms with Crippen LogP contribution in [0.15, 0.2) is 47.4 Å². The number of hydrogen-bond acceptors (Lipinski definition) is 4. The van der Waals surface area contributed by atoms with Crippen LogP contribution in [-0.2, 0) is 23.0 Å². The maximum Gasteiger partial charge on any atom is 0.243 e. The first-order chi connectivity index (χ1) is 13.5. The van der Waals surface area contributed by atoms with Gasteiger partial charge in [0.05, 0.1) is 11.5 Å². The zero-order valence-electron chi connectivity index (χ0n) is 16.0. The first kappa shape index (κ1) is 19.4. The van der Waals surface area contributed by atoms with Gasteiger partial charge in [0.25, 0.3) is 0 Å². The van der Waals surface area contributed by atoms with Crippen LogP contribution in [-0.4, -0.2) is 49.9 Å². The average Bonchev–Trinajstić information content (AvgIpc) is 3.20. The summed E-state index contributed by atoms with van der Waals surface area (Å²) in [5, 5.41) is 0. The molecule has 2 aliphatic rings. The van der Waals surface area contributed by atoms with Crippen LogP contribution < -0.4 is 4.74 Å². The van der Waals surface area contributed by atoms with Gasteiger partial charge in [-0.25, -0.2) is 12.8 Å². The highest BCUT2D eigenvalue weighted by molar-refractivity contribution is 7.89. The van der Waals surface area contributed by atoms with Crippen molar-refractivity contribution < 1.29 is 17.5 Å². The zero-order chi connectivity index (χ0) is 19.7. The summed E-state index contributed by atoms with van der Waals surface area (Å²) in [6, 6.07) is 12.5. The van der Waals surface area contributed by atoms with Gasteiger partial charge in [0, 0.05) is 32.2 Å². The number of ether oxygens (including phenoxy) is 1. The van der Waals surface area contributed by atoms with Crippen molar-refractivity contribution in [1.82, 2.24) is 9.21 Å². The third-order valence-corrected chi connectivity index (χ3v) is 7.50. The van der Waals surface area contributed by atoms with E-state index in [1.165, 1.54) is 27.6 Å². The molecule has 2 aromatic carbocycles. The summed E-state index contributed by atoms with van der Waals surface area (Å²) in [6.45, 7) is 4.78. The van der Waals surface area contributed by atoms with Gasteiger partial charge in [-0.1, -0.05) is 24.3 Å². The molecule has 150 valence electrons. The predicted molar refractivity (Wildman–Crippen MR) is 105 cm³/mol. The third kappa shape index (κ3) is 3.66. The fraction of sp³-hybridized carbons (Fsp3) is 0.429. The van der Waals surface area contributed by atoms with Crippen LogP contribution in [0.5, 0.6) is 5.75 Å². The third-order valence-electron chi connectivity index (χ3n) is 5.64. The molecule has 5 nitrogen and oxygen atoms in total. The van der Waals surface area contributed by atoms with Crippen LogP contribution >= 0.6 is 0 Å². The minimum Gasteiger partial charge on any atom is -0.491 e. The molecule has 2 aromatic rings. The van der Waals surface area contributed by atoms with Gasteiger partial charge < -0.3 is 4.74 Å². The van der Waals surface area contributed by atoms with E-state index >= 15 is 0 Å². The lowest BCUT2D eigenvalue weighted by atomic mass is 9.98. The van der Waals surface area contributed by atoms with E-state index in [0.29, 0.717) is 19.7 Å². The van der Waals surface area contributed by atoms with E-state index in [9.17, 15) is 12.8 Å². The lowest BCUT2D eigenvalue weighted by Crippen LogP contribution is -2.41. The quantitative estimate of drug-likeness (QED) is 0.769. The highest BCUT2D eigenvalue weighted by atomic mass is 32.2. The molecular formula is C21H25FN2O3S. The van der Waals surface area contributed by atoms with Crippen LogP contribution in [0.25, 0.3) is 0 Å².